The van der Waals surface area contributed by atoms with Gasteiger partial charge in [0.15, 0.2) is 0 Å². The zero-order valence-electron chi connectivity index (χ0n) is 13.8. The Kier molecular flexibility index (Phi) is 7.25. The quantitative estimate of drug-likeness (QED) is 0.636. The van der Waals surface area contributed by atoms with E-state index in [-0.39, 0.29) is 30.7 Å². The summed E-state index contributed by atoms with van der Waals surface area (Å²) in [5, 5.41) is 14.0. The van der Waals surface area contributed by atoms with Crippen LogP contribution in [0.25, 0.3) is 0 Å². The van der Waals surface area contributed by atoms with Gasteiger partial charge in [-0.25, -0.2) is 0 Å². The third-order valence-electron chi connectivity index (χ3n) is 3.42. The molecule has 1 aromatic carbocycles. The van der Waals surface area contributed by atoms with E-state index in [1.165, 1.54) is 0 Å². The van der Waals surface area contributed by atoms with Crippen LogP contribution in [0.5, 0.6) is 0 Å². The fourth-order valence-corrected chi connectivity index (χ4v) is 2.03. The lowest BCUT2D eigenvalue weighted by Crippen LogP contribution is -2.49. The number of nitrogens with one attached hydrogen (secondary N) is 2. The molecule has 1 atom stereocenters. The molecule has 0 aliphatic carbocycles. The number of benzene rings is 1. The minimum atomic E-state index is -0.896. The summed E-state index contributed by atoms with van der Waals surface area (Å²) in [6, 6.07) is 6.45. The number of hydrogen-bond donors (Lipinski definition) is 3. The molecule has 2 amide bonds. The molecule has 0 aliphatic rings. The van der Waals surface area contributed by atoms with Crippen molar-refractivity contribution >= 4 is 17.8 Å². The van der Waals surface area contributed by atoms with Crippen LogP contribution in [0.1, 0.15) is 42.6 Å². The SMILES string of the molecule is Cc1ccc(C(=O)N[C@H](C(=O)NCCCC(=O)O)C(C)C)cc1. The highest BCUT2D eigenvalue weighted by molar-refractivity contribution is 5.97. The van der Waals surface area contributed by atoms with Crippen molar-refractivity contribution in [1.29, 1.82) is 0 Å². The third kappa shape index (κ3) is 6.50. The molecule has 0 unspecified atom stereocenters. The maximum absolute atomic E-state index is 12.2. The molecule has 6 nitrogen and oxygen atoms in total. The van der Waals surface area contributed by atoms with Crippen molar-refractivity contribution in [2.75, 3.05) is 6.54 Å². The molecule has 0 saturated heterocycles. The largest absolute Gasteiger partial charge is 0.481 e. The van der Waals surface area contributed by atoms with Crippen molar-refractivity contribution in [3.63, 3.8) is 0 Å². The first-order chi connectivity index (χ1) is 10.8. The Balaban J connectivity index is 2.60. The second-order valence-corrected chi connectivity index (χ2v) is 5.85. The molecule has 23 heavy (non-hydrogen) atoms. The smallest absolute Gasteiger partial charge is 0.303 e. The summed E-state index contributed by atoms with van der Waals surface area (Å²) in [5.74, 6) is -1.58. The van der Waals surface area contributed by atoms with Crippen molar-refractivity contribution in [3.8, 4) is 0 Å². The molecule has 0 fully saturated rings. The summed E-state index contributed by atoms with van der Waals surface area (Å²) in [4.78, 5) is 34.8. The van der Waals surface area contributed by atoms with Crippen molar-refractivity contribution in [2.45, 2.75) is 39.7 Å². The number of carbonyl (C=O) groups is 3. The molecule has 0 aromatic heterocycles. The van der Waals surface area contributed by atoms with Crippen LogP contribution < -0.4 is 10.6 Å². The molecular weight excluding hydrogens is 296 g/mol. The number of aliphatic carboxylic acids is 1. The number of rotatable bonds is 8. The van der Waals surface area contributed by atoms with Gasteiger partial charge in [-0.3, -0.25) is 14.4 Å². The Labute approximate surface area is 136 Å². The van der Waals surface area contributed by atoms with Gasteiger partial charge in [0.05, 0.1) is 0 Å². The average Bonchev–Trinajstić information content (AvgIpc) is 2.48. The summed E-state index contributed by atoms with van der Waals surface area (Å²) < 4.78 is 0. The molecule has 6 heteroatoms. The lowest BCUT2D eigenvalue weighted by molar-refractivity contribution is -0.137. The van der Waals surface area contributed by atoms with Gasteiger partial charge in [0.1, 0.15) is 6.04 Å². The number of carboxylic acids is 1. The predicted octanol–water partition coefficient (Wildman–Crippen LogP) is 1.73. The number of aryl methyl sites for hydroxylation is 1. The van der Waals surface area contributed by atoms with Gasteiger partial charge in [-0.1, -0.05) is 31.5 Å². The van der Waals surface area contributed by atoms with Crippen LogP contribution in [-0.2, 0) is 9.59 Å². The first kappa shape index (κ1) is 18.7. The van der Waals surface area contributed by atoms with Crippen molar-refractivity contribution < 1.29 is 19.5 Å². The number of carboxylic acid groups (broad SMARTS) is 1. The molecule has 126 valence electrons. The lowest BCUT2D eigenvalue weighted by atomic mass is 10.0. The van der Waals surface area contributed by atoms with Crippen LogP contribution in [0, 0.1) is 12.8 Å². The maximum Gasteiger partial charge on any atom is 0.303 e. The van der Waals surface area contributed by atoms with Crippen LogP contribution in [-0.4, -0.2) is 35.5 Å². The Morgan fingerprint density at radius 1 is 1.13 bits per heavy atom. The zero-order valence-corrected chi connectivity index (χ0v) is 13.8. The molecule has 1 aromatic rings. The van der Waals surface area contributed by atoms with E-state index in [1.807, 2.05) is 32.9 Å². The summed E-state index contributed by atoms with van der Waals surface area (Å²) >= 11 is 0. The summed E-state index contributed by atoms with van der Waals surface area (Å²) in [7, 11) is 0. The Morgan fingerprint density at radius 2 is 1.74 bits per heavy atom. The van der Waals surface area contributed by atoms with Crippen LogP contribution >= 0.6 is 0 Å². The van der Waals surface area contributed by atoms with E-state index < -0.39 is 12.0 Å². The monoisotopic (exact) mass is 320 g/mol. The lowest BCUT2D eigenvalue weighted by Gasteiger charge is -2.21. The first-order valence-corrected chi connectivity index (χ1v) is 7.68. The second-order valence-electron chi connectivity index (χ2n) is 5.85. The van der Waals surface area contributed by atoms with Gasteiger partial charge in [0.2, 0.25) is 5.91 Å². The molecule has 0 bridgehead atoms. The molecule has 0 radical (unpaired) electrons. The van der Waals surface area contributed by atoms with Crippen LogP contribution in [0.3, 0.4) is 0 Å². The topological polar surface area (TPSA) is 95.5 Å². The summed E-state index contributed by atoms with van der Waals surface area (Å²) in [6.45, 7) is 5.89. The van der Waals surface area contributed by atoms with Crippen LogP contribution in [0.4, 0.5) is 0 Å². The molecule has 0 spiro atoms. The third-order valence-corrected chi connectivity index (χ3v) is 3.42. The van der Waals surface area contributed by atoms with Gasteiger partial charge in [0, 0.05) is 18.5 Å². The number of hydrogen-bond acceptors (Lipinski definition) is 3. The number of carbonyl (C=O) groups excluding carboxylic acids is 2. The van der Waals surface area contributed by atoms with Crippen LogP contribution in [0.15, 0.2) is 24.3 Å². The average molecular weight is 320 g/mol. The van der Waals surface area contributed by atoms with Gasteiger partial charge in [-0.05, 0) is 31.4 Å². The highest BCUT2D eigenvalue weighted by Gasteiger charge is 2.24. The van der Waals surface area contributed by atoms with E-state index in [0.717, 1.165) is 5.56 Å². The van der Waals surface area contributed by atoms with Gasteiger partial charge < -0.3 is 15.7 Å². The van der Waals surface area contributed by atoms with Gasteiger partial charge >= 0.3 is 5.97 Å². The van der Waals surface area contributed by atoms with Gasteiger partial charge in [-0.15, -0.1) is 0 Å². The Hall–Kier alpha value is -2.37. The van der Waals surface area contributed by atoms with E-state index in [9.17, 15) is 14.4 Å². The minimum absolute atomic E-state index is 0.00233. The second kappa shape index (κ2) is 8.92. The molecule has 1 rings (SSSR count). The van der Waals surface area contributed by atoms with E-state index in [2.05, 4.69) is 10.6 Å². The van der Waals surface area contributed by atoms with E-state index in [1.54, 1.807) is 12.1 Å². The van der Waals surface area contributed by atoms with E-state index in [4.69, 9.17) is 5.11 Å². The molecule has 0 saturated carbocycles. The fourth-order valence-electron chi connectivity index (χ4n) is 2.03. The normalized spacial score (nSPS) is 11.8. The van der Waals surface area contributed by atoms with E-state index in [0.29, 0.717) is 12.0 Å². The highest BCUT2D eigenvalue weighted by atomic mass is 16.4. The molecular formula is C17H24N2O4. The van der Waals surface area contributed by atoms with Crippen molar-refractivity contribution in [1.82, 2.24) is 10.6 Å². The van der Waals surface area contributed by atoms with Crippen LogP contribution in [0.2, 0.25) is 0 Å². The molecule has 0 aliphatic heterocycles. The summed E-state index contributed by atoms with van der Waals surface area (Å²) in [6.07, 6.45) is 0.361. The zero-order chi connectivity index (χ0) is 17.4. The maximum atomic E-state index is 12.2. The summed E-state index contributed by atoms with van der Waals surface area (Å²) in [5.41, 5.74) is 1.55. The predicted molar refractivity (Wildman–Crippen MR) is 87.2 cm³/mol. The Morgan fingerprint density at radius 3 is 2.26 bits per heavy atom. The molecule has 0 heterocycles. The van der Waals surface area contributed by atoms with Gasteiger partial charge in [0.25, 0.3) is 5.91 Å². The standard InChI is InChI=1S/C17H24N2O4/c1-11(2)15(17(23)18-10-4-5-14(20)21)19-16(22)13-8-6-12(3)7-9-13/h6-9,11,15H,4-5,10H2,1-3H3,(H,18,23)(H,19,22)(H,20,21)/t15-/m0/s1. The Bertz CT molecular complexity index is 552. The molecule has 3 N–H and O–H groups in total. The first-order valence-electron chi connectivity index (χ1n) is 7.68. The minimum Gasteiger partial charge on any atom is -0.481 e. The highest BCUT2D eigenvalue weighted by Crippen LogP contribution is 2.07. The van der Waals surface area contributed by atoms with Gasteiger partial charge in [-0.2, -0.15) is 0 Å². The van der Waals surface area contributed by atoms with E-state index >= 15 is 0 Å². The fraction of sp³-hybridized carbons (Fsp3) is 0.471. The van der Waals surface area contributed by atoms with Crippen molar-refractivity contribution in [3.05, 3.63) is 35.4 Å². The number of amides is 2. The van der Waals surface area contributed by atoms with Crippen molar-refractivity contribution in [2.24, 2.45) is 5.92 Å².